The van der Waals surface area contributed by atoms with E-state index in [0.29, 0.717) is 22.5 Å². The number of carbonyl (C=O) groups is 1. The number of nitrogens with one attached hydrogen (secondary N) is 1. The topological polar surface area (TPSA) is 54.6 Å². The van der Waals surface area contributed by atoms with Gasteiger partial charge < -0.3 is 19.4 Å². The number of aromatic amines is 1. The predicted octanol–water partition coefficient (Wildman–Crippen LogP) is 2.75. The van der Waals surface area contributed by atoms with Gasteiger partial charge in [0.05, 0.1) is 5.56 Å². The Kier molecular flexibility index (Phi) is 3.62. The molecule has 0 bridgehead atoms. The number of aromatic nitrogens is 1. The average Bonchev–Trinajstić information content (AvgIpc) is 2.94. The lowest BCUT2D eigenvalue weighted by Crippen LogP contribution is -2.26. The lowest BCUT2D eigenvalue weighted by atomic mass is 10.1. The van der Waals surface area contributed by atoms with Crippen LogP contribution in [0.5, 0.6) is 11.5 Å². The van der Waals surface area contributed by atoms with Gasteiger partial charge in [-0.25, -0.2) is 0 Å². The molecule has 5 nitrogen and oxygen atoms in total. The van der Waals surface area contributed by atoms with Gasteiger partial charge in [-0.2, -0.15) is 0 Å². The second kappa shape index (κ2) is 5.57. The first kappa shape index (κ1) is 13.6. The maximum Gasteiger partial charge on any atom is 0.256 e. The Morgan fingerprint density at radius 2 is 2.14 bits per heavy atom. The second-order valence-corrected chi connectivity index (χ2v) is 5.17. The van der Waals surface area contributed by atoms with Crippen molar-refractivity contribution in [2.75, 3.05) is 13.8 Å². The van der Waals surface area contributed by atoms with E-state index in [-0.39, 0.29) is 12.7 Å². The summed E-state index contributed by atoms with van der Waals surface area (Å²) in [6, 6.07) is 9.14. The minimum atomic E-state index is -0.116. The third kappa shape index (κ3) is 2.75. The molecule has 1 amide bonds. The van der Waals surface area contributed by atoms with Gasteiger partial charge in [0.15, 0.2) is 11.5 Å². The summed E-state index contributed by atoms with van der Waals surface area (Å²) in [6.45, 7) is 0.714. The molecule has 108 valence electrons. The van der Waals surface area contributed by atoms with E-state index in [1.807, 2.05) is 18.2 Å². The van der Waals surface area contributed by atoms with Crippen molar-refractivity contribution in [3.8, 4) is 11.5 Å². The molecule has 1 aliphatic rings. The maximum absolute atomic E-state index is 12.4. The Labute approximate surface area is 127 Å². The molecule has 2 aromatic rings. The van der Waals surface area contributed by atoms with Crippen LogP contribution in [0.25, 0.3) is 0 Å². The fourth-order valence-corrected chi connectivity index (χ4v) is 2.40. The van der Waals surface area contributed by atoms with Crippen LogP contribution in [0.2, 0.25) is 0 Å². The van der Waals surface area contributed by atoms with Gasteiger partial charge in [-0.15, -0.1) is 0 Å². The largest absolute Gasteiger partial charge is 0.454 e. The van der Waals surface area contributed by atoms with Crippen LogP contribution in [0.4, 0.5) is 0 Å². The smallest absolute Gasteiger partial charge is 0.256 e. The Morgan fingerprint density at radius 1 is 1.33 bits per heavy atom. The second-order valence-electron chi connectivity index (χ2n) is 4.76. The van der Waals surface area contributed by atoms with Gasteiger partial charge in [0, 0.05) is 19.8 Å². The van der Waals surface area contributed by atoms with Crippen molar-refractivity contribution in [3.05, 3.63) is 52.3 Å². The van der Waals surface area contributed by atoms with E-state index in [4.69, 9.17) is 21.7 Å². The number of rotatable bonds is 3. The van der Waals surface area contributed by atoms with Crippen molar-refractivity contribution in [2.45, 2.75) is 6.54 Å². The number of hydrogen-bond donors (Lipinski definition) is 1. The normalized spacial score (nSPS) is 12.2. The highest BCUT2D eigenvalue weighted by molar-refractivity contribution is 7.71. The van der Waals surface area contributed by atoms with E-state index in [1.54, 1.807) is 30.3 Å². The number of fused-ring (bicyclic) bond motifs is 1. The first-order chi connectivity index (χ1) is 10.1. The molecule has 0 fully saturated rings. The SMILES string of the molecule is CN(Cc1ccc2c(c1)OCO2)C(=O)c1ccc[nH]c1=S. The lowest BCUT2D eigenvalue weighted by molar-refractivity contribution is 0.0784. The highest BCUT2D eigenvalue weighted by Crippen LogP contribution is 2.32. The molecular formula is C15H14N2O3S. The molecule has 1 aromatic carbocycles. The molecule has 0 spiro atoms. The molecule has 21 heavy (non-hydrogen) atoms. The number of nitrogens with zero attached hydrogens (tertiary/aromatic N) is 1. The minimum Gasteiger partial charge on any atom is -0.454 e. The number of hydrogen-bond acceptors (Lipinski definition) is 4. The van der Waals surface area contributed by atoms with E-state index >= 15 is 0 Å². The van der Waals surface area contributed by atoms with Crippen molar-refractivity contribution in [1.29, 1.82) is 0 Å². The van der Waals surface area contributed by atoms with Gasteiger partial charge in [-0.1, -0.05) is 18.3 Å². The van der Waals surface area contributed by atoms with E-state index < -0.39 is 0 Å². The van der Waals surface area contributed by atoms with Crippen molar-refractivity contribution in [2.24, 2.45) is 0 Å². The Bertz CT molecular complexity index is 742. The molecule has 0 atom stereocenters. The Hall–Kier alpha value is -2.34. The van der Waals surface area contributed by atoms with Crippen molar-refractivity contribution < 1.29 is 14.3 Å². The predicted molar refractivity (Wildman–Crippen MR) is 80.0 cm³/mol. The summed E-state index contributed by atoms with van der Waals surface area (Å²) in [6.07, 6.45) is 1.71. The number of amides is 1. The summed E-state index contributed by atoms with van der Waals surface area (Å²) in [5.41, 5.74) is 1.47. The number of pyridine rings is 1. The first-order valence-corrected chi connectivity index (χ1v) is 6.87. The van der Waals surface area contributed by atoms with E-state index in [2.05, 4.69) is 4.98 Å². The number of benzene rings is 1. The van der Waals surface area contributed by atoms with Gasteiger partial charge in [0.2, 0.25) is 6.79 Å². The van der Waals surface area contributed by atoms with Gasteiger partial charge in [0.1, 0.15) is 4.64 Å². The van der Waals surface area contributed by atoms with E-state index in [9.17, 15) is 4.79 Å². The monoisotopic (exact) mass is 302 g/mol. The fourth-order valence-electron chi connectivity index (χ4n) is 2.18. The molecule has 0 aliphatic carbocycles. The number of ether oxygens (including phenoxy) is 2. The third-order valence-corrected chi connectivity index (χ3v) is 3.59. The van der Waals surface area contributed by atoms with Crippen molar-refractivity contribution >= 4 is 18.1 Å². The molecular weight excluding hydrogens is 288 g/mol. The fraction of sp³-hybridized carbons (Fsp3) is 0.200. The van der Waals surface area contributed by atoms with Gasteiger partial charge in [-0.3, -0.25) is 4.79 Å². The van der Waals surface area contributed by atoms with Crippen LogP contribution < -0.4 is 9.47 Å². The Balaban J connectivity index is 1.77. The Morgan fingerprint density at radius 3 is 2.95 bits per heavy atom. The van der Waals surface area contributed by atoms with Crippen LogP contribution in [-0.2, 0) is 6.54 Å². The minimum absolute atomic E-state index is 0.116. The summed E-state index contributed by atoms with van der Waals surface area (Å²) in [5, 5.41) is 0. The molecule has 1 N–H and O–H groups in total. The average molecular weight is 302 g/mol. The van der Waals surface area contributed by atoms with Crippen LogP contribution in [0.1, 0.15) is 15.9 Å². The molecule has 0 radical (unpaired) electrons. The zero-order chi connectivity index (χ0) is 14.8. The summed E-state index contributed by atoms with van der Waals surface area (Å²) in [4.78, 5) is 16.9. The first-order valence-electron chi connectivity index (χ1n) is 6.47. The van der Waals surface area contributed by atoms with Gasteiger partial charge >= 0.3 is 0 Å². The van der Waals surface area contributed by atoms with Crippen molar-refractivity contribution in [1.82, 2.24) is 9.88 Å². The van der Waals surface area contributed by atoms with Gasteiger partial charge in [0.25, 0.3) is 5.91 Å². The summed E-state index contributed by atoms with van der Waals surface area (Å²) >= 11 is 5.14. The summed E-state index contributed by atoms with van der Waals surface area (Å²) < 4.78 is 11.1. The molecule has 3 rings (SSSR count). The standard InChI is InChI=1S/C15H14N2O3S/c1-17(15(18)11-3-2-6-16-14(11)21)8-10-4-5-12-13(7-10)20-9-19-12/h2-7H,8-9H2,1H3,(H,16,21). The van der Waals surface area contributed by atoms with Crippen LogP contribution in [0.15, 0.2) is 36.5 Å². The molecule has 0 saturated heterocycles. The highest BCUT2D eigenvalue weighted by Gasteiger charge is 2.17. The van der Waals surface area contributed by atoms with Crippen molar-refractivity contribution in [3.63, 3.8) is 0 Å². The number of H-pyrrole nitrogens is 1. The van der Waals surface area contributed by atoms with Gasteiger partial charge in [-0.05, 0) is 29.8 Å². The zero-order valence-corrected chi connectivity index (χ0v) is 12.3. The van der Waals surface area contributed by atoms with E-state index in [0.717, 1.165) is 11.3 Å². The summed E-state index contributed by atoms with van der Waals surface area (Å²) in [5.74, 6) is 1.33. The molecule has 6 heteroatoms. The third-order valence-electron chi connectivity index (χ3n) is 3.25. The quantitative estimate of drug-likeness (QED) is 0.886. The molecule has 0 saturated carbocycles. The summed E-state index contributed by atoms with van der Waals surface area (Å²) in [7, 11) is 1.74. The molecule has 2 heterocycles. The van der Waals surface area contributed by atoms with E-state index in [1.165, 1.54) is 0 Å². The zero-order valence-electron chi connectivity index (χ0n) is 11.5. The lowest BCUT2D eigenvalue weighted by Gasteiger charge is -2.17. The van der Waals surface area contributed by atoms with Crippen LogP contribution in [0.3, 0.4) is 0 Å². The van der Waals surface area contributed by atoms with Crippen LogP contribution in [-0.4, -0.2) is 29.6 Å². The highest BCUT2D eigenvalue weighted by atomic mass is 32.1. The maximum atomic E-state index is 12.4. The number of carbonyl (C=O) groups excluding carboxylic acids is 1. The van der Waals surface area contributed by atoms with Crippen LogP contribution in [0, 0.1) is 4.64 Å². The molecule has 0 unspecified atom stereocenters. The molecule has 1 aliphatic heterocycles. The van der Waals surface area contributed by atoms with Crippen LogP contribution >= 0.6 is 12.2 Å². The molecule has 1 aromatic heterocycles.